The number of benzene rings is 1. The number of nitrogens with one attached hydrogen (secondary N) is 1. The molecule has 0 saturated heterocycles. The van der Waals surface area contributed by atoms with Gasteiger partial charge in [0.05, 0.1) is 22.2 Å². The highest BCUT2D eigenvalue weighted by atomic mass is 32.1. The lowest BCUT2D eigenvalue weighted by Crippen LogP contribution is -2.30. The molecule has 5 nitrogen and oxygen atoms in total. The van der Waals surface area contributed by atoms with Crippen LogP contribution < -0.4 is 5.32 Å². The Hall–Kier alpha value is -2.44. The monoisotopic (exact) mass is 327 g/mol. The normalized spacial score (nSPS) is 12.1. The van der Waals surface area contributed by atoms with Crippen molar-refractivity contribution in [2.45, 2.75) is 13.0 Å². The Kier molecular flexibility index (Phi) is 4.55. The van der Waals surface area contributed by atoms with Gasteiger partial charge < -0.3 is 10.4 Å². The molecule has 0 fully saturated rings. The predicted octanol–water partition coefficient (Wildman–Crippen LogP) is 2.71. The number of aliphatic hydroxyl groups excluding tert-OH is 1. The third-order valence-corrected chi connectivity index (χ3v) is 4.17. The van der Waals surface area contributed by atoms with Crippen LogP contribution in [0.15, 0.2) is 54.0 Å². The predicted molar refractivity (Wildman–Crippen MR) is 90.9 cm³/mol. The highest BCUT2D eigenvalue weighted by Gasteiger charge is 2.19. The van der Waals surface area contributed by atoms with Crippen LogP contribution in [-0.2, 0) is 0 Å². The van der Waals surface area contributed by atoms with Crippen LogP contribution in [0.25, 0.3) is 16.3 Å². The van der Waals surface area contributed by atoms with E-state index in [0.717, 1.165) is 10.6 Å². The number of hydrogen-bond donors (Lipinski definition) is 2. The van der Waals surface area contributed by atoms with Gasteiger partial charge in [0.2, 0.25) is 0 Å². The Bertz CT molecular complexity index is 780. The van der Waals surface area contributed by atoms with Gasteiger partial charge in [-0.05, 0) is 30.5 Å². The average Bonchev–Trinajstić information content (AvgIpc) is 3.22. The third-order valence-electron chi connectivity index (χ3n) is 3.29. The molecule has 0 aliphatic heterocycles. The van der Waals surface area contributed by atoms with E-state index in [1.54, 1.807) is 17.8 Å². The van der Waals surface area contributed by atoms with Crippen molar-refractivity contribution in [2.75, 3.05) is 6.54 Å². The molecule has 6 heteroatoms. The van der Waals surface area contributed by atoms with Gasteiger partial charge in [0.1, 0.15) is 5.69 Å². The minimum Gasteiger partial charge on any atom is -0.392 e. The SMILES string of the molecule is CC(O)CNC(=O)c1cn(-c2ccccc2)nc1-c1cccs1. The first kappa shape index (κ1) is 15.5. The number of rotatable bonds is 5. The maximum Gasteiger partial charge on any atom is 0.255 e. The highest BCUT2D eigenvalue weighted by Crippen LogP contribution is 2.27. The molecule has 0 aliphatic carbocycles. The third kappa shape index (κ3) is 3.49. The van der Waals surface area contributed by atoms with E-state index in [1.807, 2.05) is 47.8 Å². The zero-order chi connectivity index (χ0) is 16.2. The second-order valence-electron chi connectivity index (χ2n) is 5.21. The summed E-state index contributed by atoms with van der Waals surface area (Å²) in [5, 5.41) is 18.6. The molecule has 23 heavy (non-hydrogen) atoms. The Balaban J connectivity index is 1.99. The van der Waals surface area contributed by atoms with Gasteiger partial charge in [-0.2, -0.15) is 5.10 Å². The topological polar surface area (TPSA) is 67.2 Å². The zero-order valence-electron chi connectivity index (χ0n) is 12.6. The van der Waals surface area contributed by atoms with Crippen molar-refractivity contribution >= 4 is 17.2 Å². The quantitative estimate of drug-likeness (QED) is 0.757. The molecule has 1 aromatic carbocycles. The Labute approximate surface area is 138 Å². The van der Waals surface area contributed by atoms with Crippen molar-refractivity contribution < 1.29 is 9.90 Å². The number of carbonyl (C=O) groups is 1. The van der Waals surface area contributed by atoms with Gasteiger partial charge in [0.15, 0.2) is 0 Å². The Morgan fingerprint density at radius 2 is 2.09 bits per heavy atom. The van der Waals surface area contributed by atoms with Crippen molar-refractivity contribution in [3.63, 3.8) is 0 Å². The minimum absolute atomic E-state index is 0.208. The smallest absolute Gasteiger partial charge is 0.255 e. The summed E-state index contributed by atoms with van der Waals surface area (Å²) in [4.78, 5) is 13.4. The number of aliphatic hydroxyl groups is 1. The van der Waals surface area contributed by atoms with Crippen LogP contribution >= 0.6 is 11.3 Å². The van der Waals surface area contributed by atoms with Crippen molar-refractivity contribution in [3.8, 4) is 16.3 Å². The molecule has 0 radical (unpaired) electrons. The van der Waals surface area contributed by atoms with E-state index in [2.05, 4.69) is 10.4 Å². The molecule has 0 spiro atoms. The number of hydrogen-bond acceptors (Lipinski definition) is 4. The highest BCUT2D eigenvalue weighted by molar-refractivity contribution is 7.13. The molecule has 3 rings (SSSR count). The Morgan fingerprint density at radius 1 is 1.30 bits per heavy atom. The van der Waals surface area contributed by atoms with Crippen molar-refractivity contribution in [1.29, 1.82) is 0 Å². The van der Waals surface area contributed by atoms with Gasteiger partial charge in [-0.15, -0.1) is 11.3 Å². The molecule has 1 atom stereocenters. The largest absolute Gasteiger partial charge is 0.392 e. The summed E-state index contributed by atoms with van der Waals surface area (Å²) in [6, 6.07) is 13.5. The van der Waals surface area contributed by atoms with Crippen LogP contribution in [0.4, 0.5) is 0 Å². The summed E-state index contributed by atoms with van der Waals surface area (Å²) in [7, 11) is 0. The second-order valence-corrected chi connectivity index (χ2v) is 6.16. The lowest BCUT2D eigenvalue weighted by Gasteiger charge is -2.06. The van der Waals surface area contributed by atoms with Gasteiger partial charge in [-0.3, -0.25) is 4.79 Å². The van der Waals surface area contributed by atoms with E-state index >= 15 is 0 Å². The summed E-state index contributed by atoms with van der Waals surface area (Å²) in [6.45, 7) is 1.84. The molecule has 2 aromatic heterocycles. The number of thiophene rings is 1. The fourth-order valence-electron chi connectivity index (χ4n) is 2.18. The zero-order valence-corrected chi connectivity index (χ0v) is 13.5. The van der Waals surface area contributed by atoms with E-state index < -0.39 is 6.10 Å². The van der Waals surface area contributed by atoms with Crippen LogP contribution in [0.1, 0.15) is 17.3 Å². The number of aromatic nitrogens is 2. The number of carbonyl (C=O) groups excluding carboxylic acids is 1. The summed E-state index contributed by atoms with van der Waals surface area (Å²) in [6.07, 6.45) is 1.13. The molecule has 3 aromatic rings. The van der Waals surface area contributed by atoms with Gasteiger partial charge in [0.25, 0.3) is 5.91 Å². The van der Waals surface area contributed by atoms with E-state index in [4.69, 9.17) is 0 Å². The van der Waals surface area contributed by atoms with Crippen molar-refractivity contribution in [3.05, 3.63) is 59.6 Å². The molecule has 0 bridgehead atoms. The first-order chi connectivity index (χ1) is 11.1. The molecular formula is C17H17N3O2S. The van der Waals surface area contributed by atoms with E-state index in [-0.39, 0.29) is 12.5 Å². The van der Waals surface area contributed by atoms with Crippen molar-refractivity contribution in [2.24, 2.45) is 0 Å². The summed E-state index contributed by atoms with van der Waals surface area (Å²) in [5.74, 6) is -0.239. The molecular weight excluding hydrogens is 310 g/mol. The maximum atomic E-state index is 12.4. The molecule has 0 saturated carbocycles. The van der Waals surface area contributed by atoms with Crippen LogP contribution in [0.3, 0.4) is 0 Å². The lowest BCUT2D eigenvalue weighted by molar-refractivity contribution is 0.0924. The summed E-state index contributed by atoms with van der Waals surface area (Å²) < 4.78 is 1.70. The molecule has 1 amide bonds. The van der Waals surface area contributed by atoms with Crippen LogP contribution in [0.5, 0.6) is 0 Å². The van der Waals surface area contributed by atoms with Crippen LogP contribution in [0.2, 0.25) is 0 Å². The fourth-order valence-corrected chi connectivity index (χ4v) is 2.91. The lowest BCUT2D eigenvalue weighted by atomic mass is 10.2. The van der Waals surface area contributed by atoms with Gasteiger partial charge in [0, 0.05) is 12.7 Å². The van der Waals surface area contributed by atoms with E-state index in [1.165, 1.54) is 11.3 Å². The number of amides is 1. The van der Waals surface area contributed by atoms with Crippen LogP contribution in [-0.4, -0.2) is 33.4 Å². The first-order valence-electron chi connectivity index (χ1n) is 7.30. The number of nitrogens with zero attached hydrogens (tertiary/aromatic N) is 2. The van der Waals surface area contributed by atoms with Gasteiger partial charge in [-0.1, -0.05) is 24.3 Å². The molecule has 2 N–H and O–H groups in total. The van der Waals surface area contributed by atoms with E-state index in [9.17, 15) is 9.90 Å². The van der Waals surface area contributed by atoms with Gasteiger partial charge >= 0.3 is 0 Å². The summed E-state index contributed by atoms with van der Waals surface area (Å²) in [5.41, 5.74) is 2.03. The summed E-state index contributed by atoms with van der Waals surface area (Å²) >= 11 is 1.54. The molecule has 0 aliphatic rings. The molecule has 2 heterocycles. The standard InChI is InChI=1S/C17H17N3O2S/c1-12(21)10-18-17(22)14-11-20(13-6-3-2-4-7-13)19-16(14)15-8-5-9-23-15/h2-9,11-12,21H,10H2,1H3,(H,18,22). The van der Waals surface area contributed by atoms with E-state index in [0.29, 0.717) is 11.3 Å². The fraction of sp³-hybridized carbons (Fsp3) is 0.176. The molecule has 118 valence electrons. The minimum atomic E-state index is -0.590. The van der Waals surface area contributed by atoms with Crippen molar-refractivity contribution in [1.82, 2.24) is 15.1 Å². The number of para-hydroxylation sites is 1. The molecule has 1 unspecified atom stereocenters. The van der Waals surface area contributed by atoms with Crippen LogP contribution in [0, 0.1) is 0 Å². The first-order valence-corrected chi connectivity index (χ1v) is 8.18. The maximum absolute atomic E-state index is 12.4. The van der Waals surface area contributed by atoms with Gasteiger partial charge in [-0.25, -0.2) is 4.68 Å². The second kappa shape index (κ2) is 6.76. The average molecular weight is 327 g/mol. The Morgan fingerprint density at radius 3 is 2.74 bits per heavy atom.